The second-order valence-corrected chi connectivity index (χ2v) is 7.92. The molecule has 0 aliphatic heterocycles. The Balaban J connectivity index is 1.99. The Morgan fingerprint density at radius 2 is 1.10 bits per heavy atom. The first kappa shape index (κ1) is 18.8. The normalized spacial score (nSPS) is 14.4. The van der Waals surface area contributed by atoms with Crippen molar-refractivity contribution < 1.29 is 5.11 Å². The molecule has 1 unspecified atom stereocenters. The van der Waals surface area contributed by atoms with Crippen molar-refractivity contribution in [1.82, 2.24) is 0 Å². The SMILES string of the molecule is CCc1c(CC)c(-c2ccccc2)c2c(c1-c1ccccc1)-c1ccccc1C2O. The van der Waals surface area contributed by atoms with E-state index in [0.717, 1.165) is 29.5 Å². The van der Waals surface area contributed by atoms with Crippen molar-refractivity contribution in [3.63, 3.8) is 0 Å². The van der Waals surface area contributed by atoms with Crippen molar-refractivity contribution in [3.05, 3.63) is 107 Å². The zero-order valence-electron chi connectivity index (χ0n) is 17.5. The number of hydrogen-bond donors (Lipinski definition) is 1. The van der Waals surface area contributed by atoms with Gasteiger partial charge in [-0.3, -0.25) is 0 Å². The third-order valence-electron chi connectivity index (χ3n) is 6.39. The molecule has 148 valence electrons. The maximum atomic E-state index is 11.5. The molecule has 0 heterocycles. The summed E-state index contributed by atoms with van der Waals surface area (Å²) in [6.07, 6.45) is 1.28. The summed E-state index contributed by atoms with van der Waals surface area (Å²) in [4.78, 5) is 0. The van der Waals surface area contributed by atoms with E-state index in [1.807, 2.05) is 6.07 Å². The second-order valence-electron chi connectivity index (χ2n) is 7.92. The summed E-state index contributed by atoms with van der Waals surface area (Å²) in [5.74, 6) is 0. The third kappa shape index (κ3) is 2.74. The van der Waals surface area contributed by atoms with Crippen LogP contribution in [0.15, 0.2) is 84.9 Å². The van der Waals surface area contributed by atoms with Crippen LogP contribution in [0.1, 0.15) is 42.2 Å². The van der Waals surface area contributed by atoms with E-state index in [4.69, 9.17) is 0 Å². The average molecular weight is 391 g/mol. The Morgan fingerprint density at radius 3 is 1.70 bits per heavy atom. The molecule has 0 amide bonds. The van der Waals surface area contributed by atoms with Gasteiger partial charge < -0.3 is 5.11 Å². The predicted molar refractivity (Wildman–Crippen MR) is 126 cm³/mol. The van der Waals surface area contributed by atoms with Crippen LogP contribution in [0.25, 0.3) is 33.4 Å². The molecule has 5 rings (SSSR count). The van der Waals surface area contributed by atoms with Crippen molar-refractivity contribution in [2.24, 2.45) is 0 Å². The Kier molecular flexibility index (Phi) is 4.77. The maximum Gasteiger partial charge on any atom is 0.106 e. The fourth-order valence-corrected chi connectivity index (χ4v) is 5.18. The highest BCUT2D eigenvalue weighted by atomic mass is 16.3. The van der Waals surface area contributed by atoms with E-state index in [-0.39, 0.29) is 0 Å². The smallest absolute Gasteiger partial charge is 0.106 e. The molecule has 1 heteroatoms. The number of benzene rings is 4. The van der Waals surface area contributed by atoms with Gasteiger partial charge in [-0.05, 0) is 62.9 Å². The first-order valence-electron chi connectivity index (χ1n) is 10.9. The van der Waals surface area contributed by atoms with Crippen molar-refractivity contribution in [2.75, 3.05) is 0 Å². The van der Waals surface area contributed by atoms with Crippen LogP contribution in [0.5, 0.6) is 0 Å². The van der Waals surface area contributed by atoms with Gasteiger partial charge in [-0.15, -0.1) is 0 Å². The highest BCUT2D eigenvalue weighted by molar-refractivity contribution is 5.98. The van der Waals surface area contributed by atoms with Gasteiger partial charge in [0.05, 0.1) is 0 Å². The minimum Gasteiger partial charge on any atom is -0.384 e. The summed E-state index contributed by atoms with van der Waals surface area (Å²) in [6, 6.07) is 29.6. The van der Waals surface area contributed by atoms with Crippen molar-refractivity contribution in [2.45, 2.75) is 32.8 Å². The molecule has 1 aliphatic rings. The zero-order chi connectivity index (χ0) is 20.7. The molecule has 0 fully saturated rings. The lowest BCUT2D eigenvalue weighted by atomic mass is 9.79. The summed E-state index contributed by atoms with van der Waals surface area (Å²) < 4.78 is 0. The summed E-state index contributed by atoms with van der Waals surface area (Å²) in [7, 11) is 0. The Hall–Kier alpha value is -3.16. The van der Waals surface area contributed by atoms with Crippen LogP contribution in [-0.2, 0) is 12.8 Å². The van der Waals surface area contributed by atoms with Gasteiger partial charge in [-0.2, -0.15) is 0 Å². The lowest BCUT2D eigenvalue weighted by molar-refractivity contribution is 0.225. The van der Waals surface area contributed by atoms with E-state index in [2.05, 4.69) is 92.7 Å². The van der Waals surface area contributed by atoms with Crippen molar-refractivity contribution in [3.8, 4) is 33.4 Å². The first-order valence-corrected chi connectivity index (χ1v) is 10.9. The number of fused-ring (bicyclic) bond motifs is 3. The standard InChI is InChI=1S/C29H26O/c1-3-21-22(4-2)26(20-15-9-6-10-16-20)28-27(25(21)19-13-7-5-8-14-19)23-17-11-12-18-24(23)29(28)30/h5-18,29-30H,3-4H2,1-2H3. The molecule has 0 radical (unpaired) electrons. The van der Waals surface area contributed by atoms with Crippen LogP contribution in [-0.4, -0.2) is 5.11 Å². The second kappa shape index (κ2) is 7.59. The van der Waals surface area contributed by atoms with Gasteiger partial charge in [-0.1, -0.05) is 98.8 Å². The van der Waals surface area contributed by atoms with Gasteiger partial charge in [0.25, 0.3) is 0 Å². The molecule has 1 nitrogen and oxygen atoms in total. The van der Waals surface area contributed by atoms with E-state index in [9.17, 15) is 5.11 Å². The zero-order valence-corrected chi connectivity index (χ0v) is 17.5. The van der Waals surface area contributed by atoms with Crippen molar-refractivity contribution >= 4 is 0 Å². The lowest BCUT2D eigenvalue weighted by Gasteiger charge is -2.25. The van der Waals surface area contributed by atoms with Crippen molar-refractivity contribution in [1.29, 1.82) is 0 Å². The van der Waals surface area contributed by atoms with Gasteiger partial charge in [-0.25, -0.2) is 0 Å². The molecule has 1 aliphatic carbocycles. The van der Waals surface area contributed by atoms with Crippen LogP contribution >= 0.6 is 0 Å². The van der Waals surface area contributed by atoms with E-state index >= 15 is 0 Å². The molecule has 0 aromatic heterocycles. The molecule has 0 bridgehead atoms. The number of aliphatic hydroxyl groups is 1. The summed E-state index contributed by atoms with van der Waals surface area (Å²) in [5.41, 5.74) is 12.1. The fourth-order valence-electron chi connectivity index (χ4n) is 5.18. The van der Waals surface area contributed by atoms with Crippen LogP contribution in [0, 0.1) is 0 Å². The van der Waals surface area contributed by atoms with Gasteiger partial charge in [0.15, 0.2) is 0 Å². The monoisotopic (exact) mass is 390 g/mol. The molecule has 1 N–H and O–H groups in total. The Morgan fingerprint density at radius 1 is 0.600 bits per heavy atom. The predicted octanol–water partition coefficient (Wildman–Crippen LogP) is 7.21. The minimum absolute atomic E-state index is 0.606. The lowest BCUT2D eigenvalue weighted by Crippen LogP contribution is -2.06. The number of rotatable bonds is 4. The first-order chi connectivity index (χ1) is 14.8. The molecule has 1 atom stereocenters. The molecular formula is C29H26O. The quantitative estimate of drug-likeness (QED) is 0.390. The molecule has 30 heavy (non-hydrogen) atoms. The van der Waals surface area contributed by atoms with Crippen LogP contribution in [0.2, 0.25) is 0 Å². The van der Waals surface area contributed by atoms with Gasteiger partial charge in [0, 0.05) is 5.56 Å². The van der Waals surface area contributed by atoms with Gasteiger partial charge in [0.1, 0.15) is 6.10 Å². The van der Waals surface area contributed by atoms with E-state index in [1.54, 1.807) is 0 Å². The average Bonchev–Trinajstić information content (AvgIpc) is 3.11. The summed E-state index contributed by atoms with van der Waals surface area (Å²) >= 11 is 0. The highest BCUT2D eigenvalue weighted by Crippen LogP contribution is 2.54. The van der Waals surface area contributed by atoms with Crippen LogP contribution in [0.4, 0.5) is 0 Å². The van der Waals surface area contributed by atoms with Crippen LogP contribution in [0.3, 0.4) is 0 Å². The summed E-state index contributed by atoms with van der Waals surface area (Å²) in [6.45, 7) is 4.48. The summed E-state index contributed by atoms with van der Waals surface area (Å²) in [5, 5.41) is 11.5. The fraction of sp³-hybridized carbons (Fsp3) is 0.172. The largest absolute Gasteiger partial charge is 0.384 e. The maximum absolute atomic E-state index is 11.5. The number of aliphatic hydroxyl groups excluding tert-OH is 1. The van der Waals surface area contributed by atoms with Crippen LogP contribution < -0.4 is 0 Å². The molecule has 4 aromatic carbocycles. The van der Waals surface area contributed by atoms with E-state index in [1.165, 1.54) is 38.9 Å². The Labute approximate surface area is 178 Å². The molecule has 4 aromatic rings. The van der Waals surface area contributed by atoms with E-state index < -0.39 is 6.10 Å². The van der Waals surface area contributed by atoms with E-state index in [0.29, 0.717) is 0 Å². The molecular weight excluding hydrogens is 364 g/mol. The molecule has 0 spiro atoms. The topological polar surface area (TPSA) is 20.2 Å². The third-order valence-corrected chi connectivity index (χ3v) is 6.39. The van der Waals surface area contributed by atoms with Gasteiger partial charge in [0.2, 0.25) is 0 Å². The number of hydrogen-bond acceptors (Lipinski definition) is 1. The van der Waals surface area contributed by atoms with Gasteiger partial charge >= 0.3 is 0 Å². The Bertz CT molecular complexity index is 1210. The molecule has 0 saturated heterocycles. The minimum atomic E-state index is -0.606. The molecule has 0 saturated carbocycles. The highest BCUT2D eigenvalue weighted by Gasteiger charge is 2.35.